The normalized spacial score (nSPS) is 13.1. The zero-order chi connectivity index (χ0) is 21.1. The zero-order valence-corrected chi connectivity index (χ0v) is 17.7. The molecular formula is C21H30N4O3S. The molecule has 1 unspecified atom stereocenters. The van der Waals surface area contributed by atoms with Gasteiger partial charge in [0.2, 0.25) is 10.0 Å². The average molecular weight is 419 g/mol. The highest BCUT2D eigenvalue weighted by Gasteiger charge is 2.11. The van der Waals surface area contributed by atoms with Gasteiger partial charge in [0.15, 0.2) is 5.96 Å². The van der Waals surface area contributed by atoms with Crippen molar-refractivity contribution in [3.8, 4) is 0 Å². The summed E-state index contributed by atoms with van der Waals surface area (Å²) < 4.78 is 25.6. The third kappa shape index (κ3) is 7.84. The number of aliphatic imine (C=N–C) groups is 1. The minimum atomic E-state index is -3.28. The van der Waals surface area contributed by atoms with Crippen LogP contribution in [0.25, 0.3) is 0 Å². The molecule has 0 radical (unpaired) electrons. The zero-order valence-electron chi connectivity index (χ0n) is 16.9. The summed E-state index contributed by atoms with van der Waals surface area (Å²) in [6.07, 6.45) is 0. The first kappa shape index (κ1) is 22.9. The Morgan fingerprint density at radius 3 is 2.28 bits per heavy atom. The highest BCUT2D eigenvalue weighted by Crippen LogP contribution is 2.13. The highest BCUT2D eigenvalue weighted by atomic mass is 32.2. The third-order valence-electron chi connectivity index (χ3n) is 4.46. The van der Waals surface area contributed by atoms with Crippen LogP contribution in [0.1, 0.15) is 29.5 Å². The molecule has 0 heterocycles. The van der Waals surface area contributed by atoms with E-state index in [1.165, 1.54) is 7.05 Å². The van der Waals surface area contributed by atoms with E-state index in [1.54, 1.807) is 12.1 Å². The Kier molecular flexibility index (Phi) is 9.11. The van der Waals surface area contributed by atoms with Crippen molar-refractivity contribution in [1.29, 1.82) is 0 Å². The molecule has 0 saturated heterocycles. The van der Waals surface area contributed by atoms with Crippen molar-refractivity contribution >= 4 is 16.0 Å². The lowest BCUT2D eigenvalue weighted by Gasteiger charge is -2.18. The lowest BCUT2D eigenvalue weighted by atomic mass is 10.0. The number of nitrogens with one attached hydrogen (secondary N) is 3. The summed E-state index contributed by atoms with van der Waals surface area (Å²) in [5.74, 6) is 0.608. The number of benzene rings is 2. The van der Waals surface area contributed by atoms with Gasteiger partial charge in [0, 0.05) is 19.0 Å². The minimum Gasteiger partial charge on any atom is -0.396 e. The van der Waals surface area contributed by atoms with Crippen LogP contribution >= 0.6 is 0 Å². The highest BCUT2D eigenvalue weighted by molar-refractivity contribution is 7.88. The molecule has 1 atom stereocenters. The molecule has 0 spiro atoms. The maximum Gasteiger partial charge on any atom is 0.215 e. The Balaban J connectivity index is 1.97. The second-order valence-corrected chi connectivity index (χ2v) is 8.57. The number of rotatable bonds is 10. The fourth-order valence-corrected chi connectivity index (χ4v) is 3.55. The van der Waals surface area contributed by atoms with E-state index in [2.05, 4.69) is 20.3 Å². The van der Waals surface area contributed by atoms with Gasteiger partial charge in [0.05, 0.1) is 18.9 Å². The summed E-state index contributed by atoms with van der Waals surface area (Å²) in [5.41, 5.74) is 2.78. The fourth-order valence-electron chi connectivity index (χ4n) is 2.78. The molecule has 7 nitrogen and oxygen atoms in total. The van der Waals surface area contributed by atoms with Gasteiger partial charge >= 0.3 is 0 Å². The second-order valence-electron chi connectivity index (χ2n) is 6.65. The van der Waals surface area contributed by atoms with E-state index in [9.17, 15) is 13.5 Å². The number of sulfonamides is 1. The number of hydrogen-bond donors (Lipinski definition) is 4. The van der Waals surface area contributed by atoms with E-state index in [1.807, 2.05) is 49.4 Å². The molecule has 0 fully saturated rings. The summed E-state index contributed by atoms with van der Waals surface area (Å²) in [7, 11) is -1.87. The molecular weight excluding hydrogens is 388 g/mol. The second kappa shape index (κ2) is 11.5. The van der Waals surface area contributed by atoms with Crippen molar-refractivity contribution in [3.63, 3.8) is 0 Å². The number of aliphatic hydroxyl groups is 1. The maximum atomic E-state index is 11.6. The van der Waals surface area contributed by atoms with Crippen LogP contribution in [0.3, 0.4) is 0 Å². The van der Waals surface area contributed by atoms with E-state index in [4.69, 9.17) is 0 Å². The smallest absolute Gasteiger partial charge is 0.215 e. The van der Waals surface area contributed by atoms with Crippen molar-refractivity contribution in [1.82, 2.24) is 15.4 Å². The lowest BCUT2D eigenvalue weighted by Crippen LogP contribution is -2.39. The molecule has 0 amide bonds. The number of guanidine groups is 1. The molecule has 29 heavy (non-hydrogen) atoms. The average Bonchev–Trinajstić information content (AvgIpc) is 2.74. The van der Waals surface area contributed by atoms with E-state index in [0.29, 0.717) is 19.0 Å². The third-order valence-corrected chi connectivity index (χ3v) is 5.80. The van der Waals surface area contributed by atoms with Crippen molar-refractivity contribution in [2.24, 2.45) is 4.99 Å². The first-order chi connectivity index (χ1) is 14.0. The van der Waals surface area contributed by atoms with Gasteiger partial charge < -0.3 is 15.7 Å². The summed E-state index contributed by atoms with van der Waals surface area (Å²) in [4.78, 5) is 4.59. The molecule has 4 N–H and O–H groups in total. The van der Waals surface area contributed by atoms with Crippen LogP contribution < -0.4 is 15.4 Å². The van der Waals surface area contributed by atoms with E-state index in [-0.39, 0.29) is 18.3 Å². The van der Waals surface area contributed by atoms with Crippen LogP contribution in [0, 0.1) is 0 Å². The molecule has 2 aromatic carbocycles. The van der Waals surface area contributed by atoms with E-state index in [0.717, 1.165) is 23.2 Å². The number of hydrogen-bond acceptors (Lipinski definition) is 4. The van der Waals surface area contributed by atoms with Crippen molar-refractivity contribution in [2.45, 2.75) is 25.1 Å². The minimum absolute atomic E-state index is 0.0199. The SMILES string of the molecule is CCNC(=NCc1ccc(CS(=O)(=O)NC)cc1)NCC(CO)c1ccccc1. The summed E-state index contributed by atoms with van der Waals surface area (Å²) in [5, 5.41) is 16.2. The monoisotopic (exact) mass is 418 g/mol. The van der Waals surface area contributed by atoms with Crippen LogP contribution in [0.4, 0.5) is 0 Å². The Morgan fingerprint density at radius 2 is 1.69 bits per heavy atom. The molecule has 0 aromatic heterocycles. The van der Waals surface area contributed by atoms with Gasteiger partial charge in [-0.1, -0.05) is 54.6 Å². The van der Waals surface area contributed by atoms with E-state index < -0.39 is 10.0 Å². The van der Waals surface area contributed by atoms with E-state index >= 15 is 0 Å². The van der Waals surface area contributed by atoms with Gasteiger partial charge in [-0.3, -0.25) is 0 Å². The summed E-state index contributed by atoms with van der Waals surface area (Å²) in [6.45, 7) is 3.79. The number of aliphatic hydroxyl groups excluding tert-OH is 1. The summed E-state index contributed by atoms with van der Waals surface area (Å²) in [6, 6.07) is 17.3. The first-order valence-electron chi connectivity index (χ1n) is 9.64. The fraction of sp³-hybridized carbons (Fsp3) is 0.381. The van der Waals surface area contributed by atoms with Crippen LogP contribution in [0.15, 0.2) is 59.6 Å². The molecule has 8 heteroatoms. The molecule has 2 rings (SSSR count). The molecule has 158 valence electrons. The van der Waals surface area contributed by atoms with Crippen LogP contribution in [0.2, 0.25) is 0 Å². The van der Waals surface area contributed by atoms with Crippen molar-refractivity contribution in [2.75, 3.05) is 26.7 Å². The van der Waals surface area contributed by atoms with Crippen LogP contribution in [-0.2, 0) is 22.3 Å². The quantitative estimate of drug-likeness (QED) is 0.346. The predicted molar refractivity (Wildman–Crippen MR) is 117 cm³/mol. The van der Waals surface area contributed by atoms with Gasteiger partial charge in [-0.25, -0.2) is 18.1 Å². The maximum absolute atomic E-state index is 11.6. The Bertz CT molecular complexity index is 869. The Labute approximate surface area is 173 Å². The Hall–Kier alpha value is -2.42. The lowest BCUT2D eigenvalue weighted by molar-refractivity contribution is 0.265. The molecule has 0 bridgehead atoms. The van der Waals surface area contributed by atoms with Gasteiger partial charge in [-0.05, 0) is 30.7 Å². The molecule has 0 aliphatic carbocycles. The summed E-state index contributed by atoms with van der Waals surface area (Å²) >= 11 is 0. The molecule has 2 aromatic rings. The van der Waals surface area contributed by atoms with Crippen molar-refractivity contribution in [3.05, 3.63) is 71.3 Å². The topological polar surface area (TPSA) is 103 Å². The van der Waals surface area contributed by atoms with Gasteiger partial charge in [-0.15, -0.1) is 0 Å². The van der Waals surface area contributed by atoms with Crippen LogP contribution in [-0.4, -0.2) is 46.2 Å². The number of nitrogens with zero attached hydrogens (tertiary/aromatic N) is 1. The molecule has 0 aliphatic heterocycles. The predicted octanol–water partition coefficient (Wildman–Crippen LogP) is 1.57. The molecule has 0 aliphatic rings. The van der Waals surface area contributed by atoms with Crippen LogP contribution in [0.5, 0.6) is 0 Å². The van der Waals surface area contributed by atoms with Crippen molar-refractivity contribution < 1.29 is 13.5 Å². The molecule has 0 saturated carbocycles. The largest absolute Gasteiger partial charge is 0.396 e. The standard InChI is InChI=1S/C21H30N4O3S/c1-3-23-21(25-14-20(15-26)19-7-5-4-6-8-19)24-13-17-9-11-18(12-10-17)16-29(27,28)22-2/h4-12,20,22,26H,3,13-16H2,1-2H3,(H2,23,24,25). The Morgan fingerprint density at radius 1 is 1.03 bits per heavy atom. The van der Waals surface area contributed by atoms with Gasteiger partial charge in [0.1, 0.15) is 0 Å². The van der Waals surface area contributed by atoms with Gasteiger partial charge in [0.25, 0.3) is 0 Å². The first-order valence-corrected chi connectivity index (χ1v) is 11.3. The van der Waals surface area contributed by atoms with Gasteiger partial charge in [-0.2, -0.15) is 0 Å².